The molecule has 0 aliphatic carbocycles. The highest BCUT2D eigenvalue weighted by Crippen LogP contribution is 2.18. The molecule has 0 heterocycles. The third-order valence-corrected chi connectivity index (χ3v) is 4.68. The lowest BCUT2D eigenvalue weighted by Gasteiger charge is -2.21. The number of unbranched alkanes of at least 4 members (excludes halogenated alkanes) is 2. The maximum Gasteiger partial charge on any atom is 0.407 e. The fraction of sp³-hybridized carbons (Fsp3) is 0.591. The first-order valence-corrected chi connectivity index (χ1v) is 10.2. The van der Waals surface area contributed by atoms with Crippen LogP contribution in [0, 0.1) is 5.41 Å². The molecule has 1 aromatic rings. The molecule has 0 radical (unpaired) electrons. The average molecular weight is 407 g/mol. The minimum atomic E-state index is -0.503. The van der Waals surface area contributed by atoms with Gasteiger partial charge < -0.3 is 20.1 Å². The largest absolute Gasteiger partial charge is 0.461 e. The zero-order chi connectivity index (χ0) is 21.5. The molecule has 0 aliphatic heterocycles. The zero-order valence-electron chi connectivity index (χ0n) is 17.8. The molecular formula is C22H34N2O5. The summed E-state index contributed by atoms with van der Waals surface area (Å²) in [5.74, 6) is -0.252. The first kappa shape index (κ1) is 24.5. The zero-order valence-corrected chi connectivity index (χ0v) is 17.8. The molecule has 2 N–H and O–H groups in total. The van der Waals surface area contributed by atoms with Gasteiger partial charge in [-0.15, -0.1) is 0 Å². The van der Waals surface area contributed by atoms with E-state index in [0.29, 0.717) is 45.6 Å². The van der Waals surface area contributed by atoms with Crippen LogP contribution in [0.5, 0.6) is 0 Å². The smallest absolute Gasteiger partial charge is 0.407 e. The molecule has 0 fully saturated rings. The molecule has 1 rings (SSSR count). The second-order valence-corrected chi connectivity index (χ2v) is 7.51. The monoisotopic (exact) mass is 406 g/mol. The summed E-state index contributed by atoms with van der Waals surface area (Å²) in [7, 11) is 0. The SMILES string of the molecule is CCC(C)(C)C(=O)NCCNC(=O)OCCCCCC(=O)OCc1ccccc1. The van der Waals surface area contributed by atoms with E-state index in [1.54, 1.807) is 0 Å². The molecule has 0 saturated heterocycles. The van der Waals surface area contributed by atoms with E-state index in [2.05, 4.69) is 10.6 Å². The minimum absolute atomic E-state index is 0.0301. The molecular weight excluding hydrogens is 372 g/mol. The number of rotatable bonds is 13. The van der Waals surface area contributed by atoms with Crippen molar-refractivity contribution in [2.24, 2.45) is 5.41 Å². The molecule has 2 amide bonds. The fourth-order valence-electron chi connectivity index (χ4n) is 2.31. The molecule has 1 aromatic carbocycles. The Morgan fingerprint density at radius 1 is 0.931 bits per heavy atom. The summed E-state index contributed by atoms with van der Waals surface area (Å²) in [6, 6.07) is 9.55. The Bertz CT molecular complexity index is 631. The van der Waals surface area contributed by atoms with Gasteiger partial charge in [-0.3, -0.25) is 9.59 Å². The van der Waals surface area contributed by atoms with E-state index in [1.165, 1.54) is 0 Å². The minimum Gasteiger partial charge on any atom is -0.461 e. The molecule has 0 unspecified atom stereocenters. The van der Waals surface area contributed by atoms with Crippen molar-refractivity contribution in [3.63, 3.8) is 0 Å². The van der Waals surface area contributed by atoms with Crippen molar-refractivity contribution in [1.82, 2.24) is 10.6 Å². The number of nitrogens with one attached hydrogen (secondary N) is 2. The van der Waals surface area contributed by atoms with Crippen molar-refractivity contribution in [3.8, 4) is 0 Å². The van der Waals surface area contributed by atoms with Gasteiger partial charge in [-0.1, -0.05) is 51.1 Å². The number of hydrogen-bond donors (Lipinski definition) is 2. The molecule has 0 saturated carbocycles. The molecule has 0 atom stereocenters. The van der Waals surface area contributed by atoms with Crippen molar-refractivity contribution in [1.29, 1.82) is 0 Å². The predicted molar refractivity (Wildman–Crippen MR) is 111 cm³/mol. The standard InChI is InChI=1S/C22H34N2O5/c1-4-22(2,3)20(26)23-14-15-24-21(27)28-16-10-6-9-13-19(25)29-17-18-11-7-5-8-12-18/h5,7-8,11-12H,4,6,9-10,13-17H2,1-3H3,(H,23,26)(H,24,27). The molecule has 29 heavy (non-hydrogen) atoms. The van der Waals surface area contributed by atoms with Crippen molar-refractivity contribution in [2.75, 3.05) is 19.7 Å². The summed E-state index contributed by atoms with van der Waals surface area (Å²) >= 11 is 0. The highest BCUT2D eigenvalue weighted by atomic mass is 16.5. The summed E-state index contributed by atoms with van der Waals surface area (Å²) in [5.41, 5.74) is 0.558. The van der Waals surface area contributed by atoms with Crippen LogP contribution < -0.4 is 10.6 Å². The third kappa shape index (κ3) is 11.1. The number of hydrogen-bond acceptors (Lipinski definition) is 5. The van der Waals surface area contributed by atoms with Crippen molar-refractivity contribution < 1.29 is 23.9 Å². The topological polar surface area (TPSA) is 93.7 Å². The highest BCUT2D eigenvalue weighted by Gasteiger charge is 2.24. The van der Waals surface area contributed by atoms with Gasteiger partial charge in [0.1, 0.15) is 6.61 Å². The second-order valence-electron chi connectivity index (χ2n) is 7.51. The van der Waals surface area contributed by atoms with E-state index < -0.39 is 11.5 Å². The molecule has 0 aromatic heterocycles. The number of carbonyl (C=O) groups is 3. The van der Waals surface area contributed by atoms with Crippen LogP contribution in [-0.2, 0) is 25.7 Å². The maximum absolute atomic E-state index is 11.9. The lowest BCUT2D eigenvalue weighted by atomic mass is 9.89. The van der Waals surface area contributed by atoms with Crippen LogP contribution in [0.15, 0.2) is 30.3 Å². The van der Waals surface area contributed by atoms with Crippen LogP contribution in [0.1, 0.15) is 58.4 Å². The number of esters is 1. The van der Waals surface area contributed by atoms with Gasteiger partial charge in [0.15, 0.2) is 0 Å². The van der Waals surface area contributed by atoms with Gasteiger partial charge in [-0.25, -0.2) is 4.79 Å². The van der Waals surface area contributed by atoms with Crippen LogP contribution in [0.3, 0.4) is 0 Å². The molecule has 7 heteroatoms. The van der Waals surface area contributed by atoms with Crippen molar-refractivity contribution >= 4 is 18.0 Å². The van der Waals surface area contributed by atoms with Gasteiger partial charge in [-0.05, 0) is 31.2 Å². The Balaban J connectivity index is 1.97. The Kier molecular flexibility index (Phi) is 11.5. The van der Waals surface area contributed by atoms with E-state index in [0.717, 1.165) is 18.4 Å². The Morgan fingerprint density at radius 2 is 1.62 bits per heavy atom. The average Bonchev–Trinajstić information content (AvgIpc) is 2.72. The first-order chi connectivity index (χ1) is 13.8. The number of benzene rings is 1. The normalized spacial score (nSPS) is 10.9. The van der Waals surface area contributed by atoms with Crippen molar-refractivity contribution in [2.45, 2.75) is 59.5 Å². The van der Waals surface area contributed by atoms with Gasteiger partial charge in [0.05, 0.1) is 6.61 Å². The lowest BCUT2D eigenvalue weighted by Crippen LogP contribution is -2.41. The van der Waals surface area contributed by atoms with Gasteiger partial charge >= 0.3 is 12.1 Å². The molecule has 162 valence electrons. The third-order valence-electron chi connectivity index (χ3n) is 4.68. The molecule has 7 nitrogen and oxygen atoms in total. The van der Waals surface area contributed by atoms with Crippen LogP contribution in [0.25, 0.3) is 0 Å². The quantitative estimate of drug-likeness (QED) is 0.386. The Labute approximate surface area is 173 Å². The Hall–Kier alpha value is -2.57. The number of ether oxygens (including phenoxy) is 2. The van der Waals surface area contributed by atoms with Gasteiger partial charge in [0.2, 0.25) is 5.91 Å². The lowest BCUT2D eigenvalue weighted by molar-refractivity contribution is -0.145. The van der Waals surface area contributed by atoms with Gasteiger partial charge in [0.25, 0.3) is 0 Å². The molecule has 0 spiro atoms. The predicted octanol–water partition coefficient (Wildman–Crippen LogP) is 3.57. The van der Waals surface area contributed by atoms with Crippen LogP contribution in [-0.4, -0.2) is 37.7 Å². The fourth-order valence-corrected chi connectivity index (χ4v) is 2.31. The van der Waals surface area contributed by atoms with E-state index >= 15 is 0 Å². The summed E-state index contributed by atoms with van der Waals surface area (Å²) in [4.78, 5) is 35.2. The first-order valence-electron chi connectivity index (χ1n) is 10.2. The van der Waals surface area contributed by atoms with Gasteiger partial charge in [0, 0.05) is 24.9 Å². The summed E-state index contributed by atoms with van der Waals surface area (Å²) in [5, 5.41) is 5.39. The van der Waals surface area contributed by atoms with Crippen LogP contribution in [0.4, 0.5) is 4.79 Å². The number of alkyl carbamates (subject to hydrolysis) is 1. The van der Waals surface area contributed by atoms with E-state index in [4.69, 9.17) is 9.47 Å². The van der Waals surface area contributed by atoms with Gasteiger partial charge in [-0.2, -0.15) is 0 Å². The van der Waals surface area contributed by atoms with E-state index in [9.17, 15) is 14.4 Å². The molecule has 0 bridgehead atoms. The maximum atomic E-state index is 11.9. The van der Waals surface area contributed by atoms with E-state index in [1.807, 2.05) is 51.1 Å². The summed E-state index contributed by atoms with van der Waals surface area (Å²) < 4.78 is 10.3. The second kappa shape index (κ2) is 13.6. The molecule has 0 aliphatic rings. The van der Waals surface area contributed by atoms with Crippen LogP contribution >= 0.6 is 0 Å². The summed E-state index contributed by atoms with van der Waals surface area (Å²) in [6.45, 7) is 6.99. The van der Waals surface area contributed by atoms with Crippen molar-refractivity contribution in [3.05, 3.63) is 35.9 Å². The van der Waals surface area contributed by atoms with E-state index in [-0.39, 0.29) is 11.9 Å². The van der Waals surface area contributed by atoms with Crippen LogP contribution in [0.2, 0.25) is 0 Å². The highest BCUT2D eigenvalue weighted by molar-refractivity contribution is 5.81. The summed E-state index contributed by atoms with van der Waals surface area (Å²) in [6.07, 6.45) is 2.75. The number of carbonyl (C=O) groups excluding carboxylic acids is 3. The number of amides is 2. The Morgan fingerprint density at radius 3 is 2.31 bits per heavy atom.